The summed E-state index contributed by atoms with van der Waals surface area (Å²) in [5.74, 6) is -0.804. The van der Waals surface area contributed by atoms with Gasteiger partial charge in [0.1, 0.15) is 5.82 Å². The van der Waals surface area contributed by atoms with Gasteiger partial charge in [-0.05, 0) is 41.7 Å². The molecule has 1 amide bonds. The molecule has 0 atom stereocenters. The van der Waals surface area contributed by atoms with Crippen molar-refractivity contribution >= 4 is 27.5 Å². The van der Waals surface area contributed by atoms with Crippen LogP contribution in [0.2, 0.25) is 0 Å². The maximum atomic E-state index is 13.1. The third kappa shape index (κ3) is 3.96. The van der Waals surface area contributed by atoms with Crippen molar-refractivity contribution in [2.24, 2.45) is 0 Å². The van der Waals surface area contributed by atoms with Crippen LogP contribution in [0.25, 0.3) is 0 Å². The first-order valence-corrected chi connectivity index (χ1v) is 6.46. The molecule has 0 heterocycles. The highest BCUT2D eigenvalue weighted by Gasteiger charge is 2.12. The van der Waals surface area contributed by atoms with Crippen LogP contribution in [0.4, 0.5) is 10.1 Å². The van der Waals surface area contributed by atoms with Crippen LogP contribution in [0.1, 0.15) is 17.3 Å². The summed E-state index contributed by atoms with van der Waals surface area (Å²) >= 11 is 3.15. The first-order chi connectivity index (χ1) is 8.45. The fraction of sp³-hybridized carbons (Fsp3) is 0.417. The van der Waals surface area contributed by atoms with Crippen molar-refractivity contribution in [2.75, 3.05) is 32.4 Å². The first kappa shape index (κ1) is 14.9. The molecule has 0 saturated heterocycles. The maximum absolute atomic E-state index is 13.1. The fourth-order valence-corrected chi connectivity index (χ4v) is 1.85. The minimum absolute atomic E-state index is 0.0333. The van der Waals surface area contributed by atoms with Gasteiger partial charge < -0.3 is 16.0 Å². The van der Waals surface area contributed by atoms with Gasteiger partial charge in [-0.15, -0.1) is 0 Å². The number of carbonyl (C=O) groups excluding carboxylic acids is 1. The second-order valence-electron chi connectivity index (χ2n) is 4.01. The van der Waals surface area contributed by atoms with Crippen LogP contribution in [0.5, 0.6) is 0 Å². The number of anilines is 1. The Morgan fingerprint density at radius 2 is 2.22 bits per heavy atom. The molecule has 0 aliphatic carbocycles. The van der Waals surface area contributed by atoms with Gasteiger partial charge in [0.15, 0.2) is 0 Å². The lowest BCUT2D eigenvalue weighted by molar-refractivity contribution is 0.0949. The Morgan fingerprint density at radius 3 is 2.83 bits per heavy atom. The second kappa shape index (κ2) is 6.70. The molecule has 1 aromatic carbocycles. The topological polar surface area (TPSA) is 58.4 Å². The number of amides is 1. The summed E-state index contributed by atoms with van der Waals surface area (Å²) in [4.78, 5) is 13.9. The zero-order valence-corrected chi connectivity index (χ0v) is 12.1. The van der Waals surface area contributed by atoms with Gasteiger partial charge in [0.05, 0.1) is 11.3 Å². The van der Waals surface area contributed by atoms with E-state index in [1.54, 1.807) is 0 Å². The Labute approximate surface area is 114 Å². The van der Waals surface area contributed by atoms with Crippen molar-refractivity contribution in [3.63, 3.8) is 0 Å². The predicted octanol–water partition coefficient (Wildman–Crippen LogP) is 1.85. The largest absolute Gasteiger partial charge is 0.396 e. The predicted molar refractivity (Wildman–Crippen MR) is 74.0 cm³/mol. The van der Waals surface area contributed by atoms with E-state index >= 15 is 0 Å². The van der Waals surface area contributed by atoms with Crippen molar-refractivity contribution in [3.8, 4) is 0 Å². The molecule has 1 aromatic rings. The van der Waals surface area contributed by atoms with Crippen LogP contribution >= 0.6 is 15.9 Å². The van der Waals surface area contributed by atoms with Gasteiger partial charge in [0.25, 0.3) is 5.91 Å². The van der Waals surface area contributed by atoms with E-state index in [4.69, 9.17) is 5.73 Å². The number of halogens is 2. The van der Waals surface area contributed by atoms with E-state index < -0.39 is 5.82 Å². The number of likely N-dealkylation sites (N-methyl/N-ethyl adjacent to an activating group) is 1. The summed E-state index contributed by atoms with van der Waals surface area (Å²) in [6, 6.07) is 2.53. The SMILES string of the molecule is CCN(C)CCNC(=O)c1cc(N)c(F)cc1Br. The number of hydrogen-bond donors (Lipinski definition) is 2. The summed E-state index contributed by atoms with van der Waals surface area (Å²) in [6.07, 6.45) is 0. The number of nitrogens with two attached hydrogens (primary N) is 1. The van der Waals surface area contributed by atoms with E-state index in [2.05, 4.69) is 26.1 Å². The van der Waals surface area contributed by atoms with E-state index in [-0.39, 0.29) is 11.6 Å². The van der Waals surface area contributed by atoms with Crippen LogP contribution < -0.4 is 11.1 Å². The van der Waals surface area contributed by atoms with Gasteiger partial charge in [-0.2, -0.15) is 0 Å². The molecule has 4 nitrogen and oxygen atoms in total. The van der Waals surface area contributed by atoms with Gasteiger partial charge in [-0.25, -0.2) is 4.39 Å². The van der Waals surface area contributed by atoms with Crippen molar-refractivity contribution in [2.45, 2.75) is 6.92 Å². The van der Waals surface area contributed by atoms with Crippen molar-refractivity contribution in [1.29, 1.82) is 0 Å². The molecule has 18 heavy (non-hydrogen) atoms. The van der Waals surface area contributed by atoms with E-state index in [1.807, 2.05) is 14.0 Å². The number of benzene rings is 1. The highest BCUT2D eigenvalue weighted by atomic mass is 79.9. The zero-order valence-electron chi connectivity index (χ0n) is 10.5. The highest BCUT2D eigenvalue weighted by molar-refractivity contribution is 9.10. The summed E-state index contributed by atoms with van der Waals surface area (Å²) < 4.78 is 13.5. The third-order valence-corrected chi connectivity index (χ3v) is 3.31. The molecule has 3 N–H and O–H groups in total. The van der Waals surface area contributed by atoms with Crippen LogP contribution in [-0.2, 0) is 0 Å². The van der Waals surface area contributed by atoms with Gasteiger partial charge in [0.2, 0.25) is 0 Å². The molecule has 0 aromatic heterocycles. The van der Waals surface area contributed by atoms with E-state index in [9.17, 15) is 9.18 Å². The van der Waals surface area contributed by atoms with Crippen LogP contribution in [0.3, 0.4) is 0 Å². The number of hydrogen-bond acceptors (Lipinski definition) is 3. The van der Waals surface area contributed by atoms with Gasteiger partial charge in [0, 0.05) is 17.6 Å². The Kier molecular flexibility index (Phi) is 5.55. The lowest BCUT2D eigenvalue weighted by Gasteiger charge is -2.14. The highest BCUT2D eigenvalue weighted by Crippen LogP contribution is 2.22. The molecule has 0 unspecified atom stereocenters. The normalized spacial score (nSPS) is 10.7. The van der Waals surface area contributed by atoms with Gasteiger partial charge in [-0.3, -0.25) is 4.79 Å². The average molecular weight is 318 g/mol. The number of rotatable bonds is 5. The number of nitrogen functional groups attached to an aromatic ring is 1. The van der Waals surface area contributed by atoms with Crippen LogP contribution in [0.15, 0.2) is 16.6 Å². The zero-order chi connectivity index (χ0) is 13.7. The molecule has 100 valence electrons. The third-order valence-electron chi connectivity index (χ3n) is 2.65. The van der Waals surface area contributed by atoms with E-state index in [1.165, 1.54) is 12.1 Å². The maximum Gasteiger partial charge on any atom is 0.252 e. The van der Waals surface area contributed by atoms with Crippen molar-refractivity contribution in [1.82, 2.24) is 10.2 Å². The van der Waals surface area contributed by atoms with Crippen LogP contribution in [-0.4, -0.2) is 37.5 Å². The molecular weight excluding hydrogens is 301 g/mol. The minimum atomic E-state index is -0.538. The smallest absolute Gasteiger partial charge is 0.252 e. The lowest BCUT2D eigenvalue weighted by atomic mass is 10.2. The van der Waals surface area contributed by atoms with E-state index in [0.717, 1.165) is 13.1 Å². The Hall–Kier alpha value is -1.14. The summed E-state index contributed by atoms with van der Waals surface area (Å²) in [6.45, 7) is 4.26. The average Bonchev–Trinajstić information content (AvgIpc) is 2.33. The molecule has 1 rings (SSSR count). The van der Waals surface area contributed by atoms with E-state index in [0.29, 0.717) is 16.6 Å². The molecule has 0 aliphatic heterocycles. The molecule has 6 heteroatoms. The molecule has 0 saturated carbocycles. The van der Waals surface area contributed by atoms with Crippen molar-refractivity contribution in [3.05, 3.63) is 28.0 Å². The number of nitrogens with one attached hydrogen (secondary N) is 1. The molecule has 0 radical (unpaired) electrons. The number of nitrogens with zero attached hydrogens (tertiary/aromatic N) is 1. The molecular formula is C12H17BrFN3O. The molecule has 0 bridgehead atoms. The van der Waals surface area contributed by atoms with Crippen LogP contribution in [0, 0.1) is 5.82 Å². The lowest BCUT2D eigenvalue weighted by Crippen LogP contribution is -2.33. The summed E-state index contributed by atoms with van der Waals surface area (Å²) in [5.41, 5.74) is 5.75. The number of carbonyl (C=O) groups is 1. The van der Waals surface area contributed by atoms with Gasteiger partial charge >= 0.3 is 0 Å². The summed E-state index contributed by atoms with van der Waals surface area (Å²) in [5, 5.41) is 2.76. The Morgan fingerprint density at radius 1 is 1.56 bits per heavy atom. The first-order valence-electron chi connectivity index (χ1n) is 5.67. The monoisotopic (exact) mass is 317 g/mol. The van der Waals surface area contributed by atoms with Gasteiger partial charge in [-0.1, -0.05) is 6.92 Å². The standard InChI is InChI=1S/C12H17BrFN3O/c1-3-17(2)5-4-16-12(18)8-6-11(15)10(14)7-9(8)13/h6-7H,3-5,15H2,1-2H3,(H,16,18). The Balaban J connectivity index is 2.64. The second-order valence-corrected chi connectivity index (χ2v) is 4.86. The summed E-state index contributed by atoms with van der Waals surface area (Å²) in [7, 11) is 1.97. The quantitative estimate of drug-likeness (QED) is 0.815. The van der Waals surface area contributed by atoms with Crippen molar-refractivity contribution < 1.29 is 9.18 Å². The molecule has 0 fully saturated rings. The fourth-order valence-electron chi connectivity index (χ4n) is 1.35. The Bertz CT molecular complexity index is 440. The minimum Gasteiger partial charge on any atom is -0.396 e. The molecule has 0 aliphatic rings. The molecule has 0 spiro atoms.